The number of halogens is 1. The molecule has 2 bridgehead atoms. The SMILES string of the molecule is Fc1ncccc1COC1C[C@H]2CC[C@@H](C1)N2. The summed E-state index contributed by atoms with van der Waals surface area (Å²) in [7, 11) is 0. The molecule has 17 heavy (non-hydrogen) atoms. The third-order valence-corrected chi connectivity index (χ3v) is 3.74. The summed E-state index contributed by atoms with van der Waals surface area (Å²) in [6, 6.07) is 4.70. The molecule has 2 fully saturated rings. The van der Waals surface area contributed by atoms with Gasteiger partial charge in [0.2, 0.25) is 5.95 Å². The van der Waals surface area contributed by atoms with Crippen LogP contribution in [0.4, 0.5) is 4.39 Å². The Morgan fingerprint density at radius 2 is 2.12 bits per heavy atom. The number of nitrogens with zero attached hydrogens (tertiary/aromatic N) is 1. The van der Waals surface area contributed by atoms with Crippen LogP contribution in [-0.2, 0) is 11.3 Å². The normalized spacial score (nSPS) is 31.7. The first kappa shape index (κ1) is 11.1. The van der Waals surface area contributed by atoms with E-state index in [1.54, 1.807) is 12.1 Å². The number of ether oxygens (including phenoxy) is 1. The Labute approximate surface area is 100 Å². The number of hydrogen-bond acceptors (Lipinski definition) is 3. The highest BCUT2D eigenvalue weighted by atomic mass is 19.1. The smallest absolute Gasteiger partial charge is 0.218 e. The number of pyridine rings is 1. The second kappa shape index (κ2) is 4.70. The van der Waals surface area contributed by atoms with Crippen LogP contribution < -0.4 is 5.32 Å². The van der Waals surface area contributed by atoms with Crippen LogP contribution in [0.1, 0.15) is 31.2 Å². The molecule has 1 unspecified atom stereocenters. The molecule has 92 valence electrons. The Morgan fingerprint density at radius 1 is 1.35 bits per heavy atom. The highest BCUT2D eigenvalue weighted by Gasteiger charge is 2.33. The average molecular weight is 236 g/mol. The lowest BCUT2D eigenvalue weighted by Gasteiger charge is -2.29. The van der Waals surface area contributed by atoms with Crippen molar-refractivity contribution in [3.05, 3.63) is 29.8 Å². The molecule has 1 N–H and O–H groups in total. The summed E-state index contributed by atoms with van der Waals surface area (Å²) in [4.78, 5) is 3.63. The van der Waals surface area contributed by atoms with E-state index >= 15 is 0 Å². The first-order chi connectivity index (χ1) is 8.31. The van der Waals surface area contributed by atoms with Crippen LogP contribution in [0.2, 0.25) is 0 Å². The van der Waals surface area contributed by atoms with Crippen LogP contribution in [0.25, 0.3) is 0 Å². The van der Waals surface area contributed by atoms with Crippen molar-refractivity contribution < 1.29 is 9.13 Å². The summed E-state index contributed by atoms with van der Waals surface area (Å²) in [5, 5.41) is 3.56. The first-order valence-electron chi connectivity index (χ1n) is 6.28. The molecule has 0 saturated carbocycles. The van der Waals surface area contributed by atoms with E-state index in [-0.39, 0.29) is 6.10 Å². The van der Waals surface area contributed by atoms with Gasteiger partial charge in [0, 0.05) is 23.8 Å². The highest BCUT2D eigenvalue weighted by Crippen LogP contribution is 2.29. The number of piperidine rings is 1. The van der Waals surface area contributed by atoms with Crippen molar-refractivity contribution in [3.63, 3.8) is 0 Å². The topological polar surface area (TPSA) is 34.1 Å². The number of hydrogen-bond donors (Lipinski definition) is 1. The van der Waals surface area contributed by atoms with Crippen molar-refractivity contribution in [3.8, 4) is 0 Å². The number of aromatic nitrogens is 1. The zero-order valence-electron chi connectivity index (χ0n) is 9.73. The van der Waals surface area contributed by atoms with Gasteiger partial charge in [-0.1, -0.05) is 6.07 Å². The van der Waals surface area contributed by atoms with E-state index < -0.39 is 5.95 Å². The van der Waals surface area contributed by atoms with Crippen LogP contribution in [-0.4, -0.2) is 23.2 Å². The van der Waals surface area contributed by atoms with Gasteiger partial charge in [-0.25, -0.2) is 4.98 Å². The van der Waals surface area contributed by atoms with Crippen molar-refractivity contribution in [1.82, 2.24) is 10.3 Å². The van der Waals surface area contributed by atoms with E-state index in [4.69, 9.17) is 4.74 Å². The number of nitrogens with one attached hydrogen (secondary N) is 1. The van der Waals surface area contributed by atoms with Crippen molar-refractivity contribution in [2.24, 2.45) is 0 Å². The van der Waals surface area contributed by atoms with Gasteiger partial charge in [-0.05, 0) is 31.7 Å². The summed E-state index contributed by atoms with van der Waals surface area (Å²) in [6.07, 6.45) is 6.35. The minimum absolute atomic E-state index is 0.272. The maximum atomic E-state index is 13.3. The Hall–Kier alpha value is -1.00. The Kier molecular flexibility index (Phi) is 3.07. The fourth-order valence-electron chi connectivity index (χ4n) is 2.88. The summed E-state index contributed by atoms with van der Waals surface area (Å²) in [5.74, 6) is -0.413. The molecule has 3 heterocycles. The van der Waals surface area contributed by atoms with Crippen LogP contribution in [0, 0.1) is 5.95 Å². The molecule has 2 aliphatic heterocycles. The molecule has 4 heteroatoms. The van der Waals surface area contributed by atoms with Gasteiger partial charge in [-0.2, -0.15) is 4.39 Å². The Morgan fingerprint density at radius 3 is 2.82 bits per heavy atom. The summed E-state index contributed by atoms with van der Waals surface area (Å²) in [5.41, 5.74) is 0.554. The molecule has 0 aliphatic carbocycles. The second-order valence-electron chi connectivity index (χ2n) is 5.00. The molecule has 2 aliphatic rings. The fourth-order valence-corrected chi connectivity index (χ4v) is 2.88. The van der Waals surface area contributed by atoms with Gasteiger partial charge in [-0.3, -0.25) is 0 Å². The second-order valence-corrected chi connectivity index (χ2v) is 5.00. The molecule has 1 aromatic rings. The monoisotopic (exact) mass is 236 g/mol. The Bertz CT molecular complexity index is 387. The van der Waals surface area contributed by atoms with Gasteiger partial charge in [-0.15, -0.1) is 0 Å². The summed E-state index contributed by atoms with van der Waals surface area (Å²) >= 11 is 0. The van der Waals surface area contributed by atoms with Gasteiger partial charge >= 0.3 is 0 Å². The molecule has 3 nitrogen and oxygen atoms in total. The molecule has 2 saturated heterocycles. The van der Waals surface area contributed by atoms with Crippen molar-refractivity contribution in [2.45, 2.75) is 50.5 Å². The molecule has 0 spiro atoms. The summed E-state index contributed by atoms with van der Waals surface area (Å²) in [6.45, 7) is 0.337. The lowest BCUT2D eigenvalue weighted by molar-refractivity contribution is 0.00774. The highest BCUT2D eigenvalue weighted by molar-refractivity contribution is 5.09. The molecule has 1 aromatic heterocycles. The van der Waals surface area contributed by atoms with E-state index in [1.165, 1.54) is 19.0 Å². The zero-order chi connectivity index (χ0) is 11.7. The van der Waals surface area contributed by atoms with Gasteiger partial charge < -0.3 is 10.1 Å². The van der Waals surface area contributed by atoms with E-state index in [0.29, 0.717) is 24.3 Å². The van der Waals surface area contributed by atoms with E-state index in [9.17, 15) is 4.39 Å². The Balaban J connectivity index is 1.56. The lowest BCUT2D eigenvalue weighted by atomic mass is 10.0. The van der Waals surface area contributed by atoms with Crippen LogP contribution >= 0.6 is 0 Å². The third-order valence-electron chi connectivity index (χ3n) is 3.74. The zero-order valence-corrected chi connectivity index (χ0v) is 9.73. The van der Waals surface area contributed by atoms with E-state index in [0.717, 1.165) is 12.8 Å². The van der Waals surface area contributed by atoms with Crippen LogP contribution in [0.3, 0.4) is 0 Å². The standard InChI is InChI=1S/C13H17FN2O/c14-13-9(2-1-5-15-13)8-17-12-6-10-3-4-11(7-12)16-10/h1-2,5,10-12,16H,3-4,6-8H2/t10-,11+,12?. The predicted molar refractivity (Wildman–Crippen MR) is 62.0 cm³/mol. The number of fused-ring (bicyclic) bond motifs is 2. The molecule has 0 radical (unpaired) electrons. The molecule has 0 amide bonds. The van der Waals surface area contributed by atoms with Crippen molar-refractivity contribution in [1.29, 1.82) is 0 Å². The van der Waals surface area contributed by atoms with Crippen LogP contribution in [0.15, 0.2) is 18.3 Å². The molecule has 3 rings (SSSR count). The minimum atomic E-state index is -0.413. The average Bonchev–Trinajstić information content (AvgIpc) is 2.68. The molecule has 0 aromatic carbocycles. The van der Waals surface area contributed by atoms with Crippen LogP contribution in [0.5, 0.6) is 0 Å². The molecular weight excluding hydrogens is 219 g/mol. The van der Waals surface area contributed by atoms with E-state index in [2.05, 4.69) is 10.3 Å². The molecule has 3 atom stereocenters. The van der Waals surface area contributed by atoms with Gasteiger partial charge in [0.1, 0.15) is 0 Å². The van der Waals surface area contributed by atoms with Gasteiger partial charge in [0.25, 0.3) is 0 Å². The van der Waals surface area contributed by atoms with E-state index in [1.807, 2.05) is 0 Å². The predicted octanol–water partition coefficient (Wildman–Crippen LogP) is 2.02. The van der Waals surface area contributed by atoms with Crippen molar-refractivity contribution >= 4 is 0 Å². The molecular formula is C13H17FN2O. The largest absolute Gasteiger partial charge is 0.373 e. The minimum Gasteiger partial charge on any atom is -0.373 e. The first-order valence-corrected chi connectivity index (χ1v) is 6.28. The maximum Gasteiger partial charge on any atom is 0.218 e. The van der Waals surface area contributed by atoms with Crippen molar-refractivity contribution in [2.75, 3.05) is 0 Å². The third kappa shape index (κ3) is 2.48. The maximum absolute atomic E-state index is 13.3. The van der Waals surface area contributed by atoms with Gasteiger partial charge in [0.05, 0.1) is 12.7 Å². The lowest BCUT2D eigenvalue weighted by Crippen LogP contribution is -2.41. The fraction of sp³-hybridized carbons (Fsp3) is 0.615. The van der Waals surface area contributed by atoms with Gasteiger partial charge in [0.15, 0.2) is 0 Å². The summed E-state index contributed by atoms with van der Waals surface area (Å²) < 4.78 is 19.1. The quantitative estimate of drug-likeness (QED) is 0.815. The number of rotatable bonds is 3.